The Bertz CT molecular complexity index is 307. The summed E-state index contributed by atoms with van der Waals surface area (Å²) in [5.74, 6) is 0.315. The van der Waals surface area contributed by atoms with Crippen molar-refractivity contribution in [3.8, 4) is 0 Å². The third-order valence-electron chi connectivity index (χ3n) is 4.15. The van der Waals surface area contributed by atoms with Gasteiger partial charge >= 0.3 is 5.97 Å². The number of hydrogen-bond donors (Lipinski definition) is 0. The minimum Gasteiger partial charge on any atom is -0.459 e. The molecule has 0 amide bonds. The maximum absolute atomic E-state index is 11.9. The number of hydrogen-bond acceptors (Lipinski definition) is 2. The van der Waals surface area contributed by atoms with E-state index in [1.54, 1.807) is 0 Å². The van der Waals surface area contributed by atoms with Crippen LogP contribution in [0, 0.1) is 5.92 Å². The van der Waals surface area contributed by atoms with Crippen LogP contribution in [0.3, 0.4) is 0 Å². The van der Waals surface area contributed by atoms with Crippen LogP contribution in [0.25, 0.3) is 0 Å². The van der Waals surface area contributed by atoms with Gasteiger partial charge in [0.25, 0.3) is 0 Å². The zero-order valence-electron chi connectivity index (χ0n) is 11.9. The first-order valence-corrected chi connectivity index (χ1v) is 6.76. The number of esters is 1. The van der Waals surface area contributed by atoms with Gasteiger partial charge in [0.1, 0.15) is 5.60 Å². The average Bonchev–Trinajstić information content (AvgIpc) is 2.11. The topological polar surface area (TPSA) is 26.3 Å². The van der Waals surface area contributed by atoms with Crippen molar-refractivity contribution in [1.82, 2.24) is 0 Å². The van der Waals surface area contributed by atoms with Crippen molar-refractivity contribution in [1.29, 1.82) is 0 Å². The smallest absolute Gasteiger partial charge is 0.310 e. The number of carbonyl (C=O) groups is 1. The van der Waals surface area contributed by atoms with Crippen LogP contribution in [0.5, 0.6) is 0 Å². The molecule has 98 valence electrons. The second-order valence-corrected chi connectivity index (χ2v) is 5.80. The lowest BCUT2D eigenvalue weighted by Crippen LogP contribution is -2.35. The Morgan fingerprint density at radius 3 is 2.41 bits per heavy atom. The largest absolute Gasteiger partial charge is 0.459 e. The highest BCUT2D eigenvalue weighted by Gasteiger charge is 2.29. The van der Waals surface area contributed by atoms with Crippen molar-refractivity contribution in [3.63, 3.8) is 0 Å². The molecule has 0 N–H and O–H groups in total. The van der Waals surface area contributed by atoms with Gasteiger partial charge in [0, 0.05) is 0 Å². The Morgan fingerprint density at radius 1 is 1.41 bits per heavy atom. The number of ether oxygens (including phenoxy) is 1. The molecular formula is C15H26O2. The van der Waals surface area contributed by atoms with E-state index in [0.29, 0.717) is 12.3 Å². The Labute approximate surface area is 105 Å². The van der Waals surface area contributed by atoms with Crippen molar-refractivity contribution in [3.05, 3.63) is 11.1 Å². The summed E-state index contributed by atoms with van der Waals surface area (Å²) in [6, 6.07) is 0. The quantitative estimate of drug-likeness (QED) is 0.529. The zero-order valence-corrected chi connectivity index (χ0v) is 11.9. The molecule has 1 fully saturated rings. The van der Waals surface area contributed by atoms with Gasteiger partial charge in [0.15, 0.2) is 0 Å². The van der Waals surface area contributed by atoms with Crippen LogP contribution >= 0.6 is 0 Å². The first kappa shape index (κ1) is 14.3. The average molecular weight is 238 g/mol. The molecule has 1 aliphatic carbocycles. The van der Waals surface area contributed by atoms with Crippen molar-refractivity contribution < 1.29 is 9.53 Å². The minimum atomic E-state index is -0.351. The fourth-order valence-electron chi connectivity index (χ4n) is 2.04. The van der Waals surface area contributed by atoms with Crippen LogP contribution in [0.1, 0.15) is 66.7 Å². The van der Waals surface area contributed by atoms with Gasteiger partial charge < -0.3 is 4.74 Å². The standard InChI is InChI=1S/C15H26O2/c1-6-12(3)15(4,5)17-14(16)10-11(2)13-8-7-9-13/h12H,6-10H2,1-5H3. The molecule has 0 bridgehead atoms. The van der Waals surface area contributed by atoms with Gasteiger partial charge in [-0.15, -0.1) is 0 Å². The lowest BCUT2D eigenvalue weighted by Gasteiger charge is -2.31. The molecule has 0 aromatic heterocycles. The molecule has 1 saturated carbocycles. The van der Waals surface area contributed by atoms with Gasteiger partial charge in [-0.2, -0.15) is 0 Å². The van der Waals surface area contributed by atoms with E-state index in [2.05, 4.69) is 20.8 Å². The van der Waals surface area contributed by atoms with Crippen LogP contribution in [0.4, 0.5) is 0 Å². The van der Waals surface area contributed by atoms with Crippen LogP contribution in [-0.4, -0.2) is 11.6 Å². The van der Waals surface area contributed by atoms with E-state index in [4.69, 9.17) is 4.74 Å². The Balaban J connectivity index is 2.49. The molecule has 0 aromatic carbocycles. The molecule has 1 rings (SSSR count). The summed E-state index contributed by atoms with van der Waals surface area (Å²) in [7, 11) is 0. The normalized spacial score (nSPS) is 17.4. The first-order chi connectivity index (χ1) is 7.86. The third kappa shape index (κ3) is 3.86. The monoisotopic (exact) mass is 238 g/mol. The van der Waals surface area contributed by atoms with Crippen LogP contribution < -0.4 is 0 Å². The van der Waals surface area contributed by atoms with Crippen LogP contribution in [0.2, 0.25) is 0 Å². The third-order valence-corrected chi connectivity index (χ3v) is 4.15. The molecule has 17 heavy (non-hydrogen) atoms. The Hall–Kier alpha value is -0.790. The maximum atomic E-state index is 11.9. The predicted octanol–water partition coefficient (Wildman–Crippen LogP) is 4.24. The van der Waals surface area contributed by atoms with E-state index in [-0.39, 0.29) is 11.6 Å². The summed E-state index contributed by atoms with van der Waals surface area (Å²) in [5.41, 5.74) is 2.33. The highest BCUT2D eigenvalue weighted by atomic mass is 16.6. The molecule has 1 atom stereocenters. The number of carbonyl (C=O) groups excluding carboxylic acids is 1. The second-order valence-electron chi connectivity index (χ2n) is 5.80. The number of allylic oxidation sites excluding steroid dienone is 1. The van der Waals surface area contributed by atoms with Gasteiger partial charge in [-0.05, 0) is 52.4 Å². The van der Waals surface area contributed by atoms with Crippen LogP contribution in [0.15, 0.2) is 11.1 Å². The highest BCUT2D eigenvalue weighted by Crippen LogP contribution is 2.31. The Morgan fingerprint density at radius 2 is 2.00 bits per heavy atom. The highest BCUT2D eigenvalue weighted by molar-refractivity contribution is 5.73. The fraction of sp³-hybridized carbons (Fsp3) is 0.800. The molecule has 2 nitrogen and oxygen atoms in total. The summed E-state index contributed by atoms with van der Waals surface area (Å²) in [6.07, 6.45) is 5.12. The van der Waals surface area contributed by atoms with E-state index >= 15 is 0 Å². The molecule has 1 unspecified atom stereocenters. The van der Waals surface area contributed by atoms with E-state index in [1.807, 2.05) is 13.8 Å². The van der Waals surface area contributed by atoms with Gasteiger partial charge in [-0.1, -0.05) is 25.0 Å². The molecule has 1 aliphatic rings. The molecule has 2 heteroatoms. The molecular weight excluding hydrogens is 212 g/mol. The van der Waals surface area contributed by atoms with Crippen molar-refractivity contribution in [2.24, 2.45) is 5.92 Å². The summed E-state index contributed by atoms with van der Waals surface area (Å²) < 4.78 is 5.61. The van der Waals surface area contributed by atoms with Crippen molar-refractivity contribution in [2.75, 3.05) is 0 Å². The lowest BCUT2D eigenvalue weighted by molar-refractivity contribution is -0.160. The van der Waals surface area contributed by atoms with E-state index in [1.165, 1.54) is 30.4 Å². The van der Waals surface area contributed by atoms with Crippen molar-refractivity contribution in [2.45, 2.75) is 72.3 Å². The SMILES string of the molecule is CCC(C)C(C)(C)OC(=O)CC(C)=C1CCC1. The molecule has 0 saturated heterocycles. The summed E-state index contributed by atoms with van der Waals surface area (Å²) in [5, 5.41) is 0. The first-order valence-electron chi connectivity index (χ1n) is 6.76. The summed E-state index contributed by atoms with van der Waals surface area (Å²) in [6.45, 7) is 10.3. The maximum Gasteiger partial charge on any atom is 0.310 e. The van der Waals surface area contributed by atoms with E-state index < -0.39 is 0 Å². The molecule has 0 radical (unpaired) electrons. The van der Waals surface area contributed by atoms with E-state index in [0.717, 1.165) is 6.42 Å². The van der Waals surface area contributed by atoms with Crippen molar-refractivity contribution >= 4 is 5.97 Å². The lowest BCUT2D eigenvalue weighted by atomic mass is 9.87. The van der Waals surface area contributed by atoms with Gasteiger partial charge in [0.05, 0.1) is 6.42 Å². The Kier molecular flexibility index (Phi) is 4.79. The zero-order chi connectivity index (χ0) is 13.1. The predicted molar refractivity (Wildman–Crippen MR) is 70.8 cm³/mol. The molecule has 0 spiro atoms. The van der Waals surface area contributed by atoms with Crippen LogP contribution in [-0.2, 0) is 9.53 Å². The van der Waals surface area contributed by atoms with E-state index in [9.17, 15) is 4.79 Å². The van der Waals surface area contributed by atoms with Gasteiger partial charge in [0.2, 0.25) is 0 Å². The van der Waals surface area contributed by atoms with Gasteiger partial charge in [-0.3, -0.25) is 4.79 Å². The summed E-state index contributed by atoms with van der Waals surface area (Å²) in [4.78, 5) is 11.9. The minimum absolute atomic E-state index is 0.0767. The molecule has 0 aliphatic heterocycles. The molecule has 0 aromatic rings. The second kappa shape index (κ2) is 5.70. The summed E-state index contributed by atoms with van der Waals surface area (Å²) >= 11 is 0. The number of rotatable bonds is 5. The fourth-order valence-corrected chi connectivity index (χ4v) is 2.04. The van der Waals surface area contributed by atoms with Gasteiger partial charge in [-0.25, -0.2) is 0 Å². The molecule has 0 heterocycles.